The van der Waals surface area contributed by atoms with Crippen LogP contribution in [0.1, 0.15) is 18.9 Å². The molecule has 0 aliphatic carbocycles. The van der Waals surface area contributed by atoms with Gasteiger partial charge in [0.2, 0.25) is 5.91 Å². The first kappa shape index (κ1) is 19.9. The molecular weight excluding hydrogens is 353 g/mol. The summed E-state index contributed by atoms with van der Waals surface area (Å²) in [6.07, 6.45) is 0.439. The summed E-state index contributed by atoms with van der Waals surface area (Å²) in [6, 6.07) is 12.3. The lowest BCUT2D eigenvalue weighted by atomic mass is 9.94. The molecule has 2 aromatic rings. The Morgan fingerprint density at radius 3 is 2.48 bits per heavy atom. The lowest BCUT2D eigenvalue weighted by Crippen LogP contribution is -2.31. The van der Waals surface area contributed by atoms with Crippen molar-refractivity contribution in [1.82, 2.24) is 5.43 Å². The lowest BCUT2D eigenvalue weighted by molar-refractivity contribution is -0.123. The van der Waals surface area contributed by atoms with Crippen LogP contribution < -0.4 is 15.5 Å². The maximum absolute atomic E-state index is 13.4. The largest absolute Gasteiger partial charge is 0.494 e. The van der Waals surface area contributed by atoms with Gasteiger partial charge in [0, 0.05) is 29.8 Å². The first-order chi connectivity index (χ1) is 13.0. The standard InChI is InChI=1S/C18H18FN3O2.CH2O2/c1-11-9-17(23)21-22-18(11)12-3-5-13(6-4-12)20-14-7-8-15(19)16(10-14)24-2;2-1-3/h3-8,10-11,20H,9H2,1-2H3,(H,21,23);1H,(H,2,3)/t11-;/m1./s1. The van der Waals surface area contributed by atoms with E-state index in [2.05, 4.69) is 15.8 Å². The second-order valence-corrected chi connectivity index (χ2v) is 5.79. The molecule has 0 saturated heterocycles. The van der Waals surface area contributed by atoms with Crippen molar-refractivity contribution in [3.8, 4) is 5.75 Å². The number of anilines is 2. The molecule has 0 saturated carbocycles. The highest BCUT2D eigenvalue weighted by molar-refractivity contribution is 6.05. The zero-order chi connectivity index (χ0) is 19.8. The zero-order valence-corrected chi connectivity index (χ0v) is 14.9. The normalized spacial score (nSPS) is 15.6. The van der Waals surface area contributed by atoms with Crippen LogP contribution in [-0.2, 0) is 9.59 Å². The molecule has 0 radical (unpaired) electrons. The average molecular weight is 373 g/mol. The van der Waals surface area contributed by atoms with Gasteiger partial charge in [0.05, 0.1) is 12.8 Å². The van der Waals surface area contributed by atoms with Gasteiger partial charge >= 0.3 is 0 Å². The number of nitrogens with one attached hydrogen (secondary N) is 2. The van der Waals surface area contributed by atoms with Crippen molar-refractivity contribution in [3.63, 3.8) is 0 Å². The highest BCUT2D eigenvalue weighted by atomic mass is 19.1. The minimum absolute atomic E-state index is 0.0604. The van der Waals surface area contributed by atoms with Crippen LogP contribution in [0.4, 0.5) is 15.8 Å². The monoisotopic (exact) mass is 373 g/mol. The summed E-state index contributed by atoms with van der Waals surface area (Å²) in [7, 11) is 1.43. The molecule has 0 unspecified atom stereocenters. The van der Waals surface area contributed by atoms with Crippen LogP contribution in [0.2, 0.25) is 0 Å². The Bertz CT molecular complexity index is 837. The first-order valence-electron chi connectivity index (χ1n) is 8.13. The third-order valence-electron chi connectivity index (χ3n) is 3.88. The Balaban J connectivity index is 0.000000817. The van der Waals surface area contributed by atoms with E-state index in [-0.39, 0.29) is 24.0 Å². The van der Waals surface area contributed by atoms with Crippen molar-refractivity contribution in [1.29, 1.82) is 0 Å². The number of hydrazone groups is 1. The maximum Gasteiger partial charge on any atom is 0.290 e. The van der Waals surface area contributed by atoms with Crippen LogP contribution in [0.25, 0.3) is 0 Å². The molecule has 0 fully saturated rings. The van der Waals surface area contributed by atoms with E-state index in [1.807, 2.05) is 31.2 Å². The van der Waals surface area contributed by atoms with Gasteiger partial charge in [0.1, 0.15) is 0 Å². The fourth-order valence-electron chi connectivity index (χ4n) is 2.63. The zero-order valence-electron chi connectivity index (χ0n) is 14.9. The van der Waals surface area contributed by atoms with Gasteiger partial charge < -0.3 is 15.2 Å². The lowest BCUT2D eigenvalue weighted by Gasteiger charge is -2.19. The number of nitrogens with zero attached hydrogens (tertiary/aromatic N) is 1. The number of hydrogen-bond donors (Lipinski definition) is 3. The van der Waals surface area contributed by atoms with Crippen molar-refractivity contribution < 1.29 is 23.8 Å². The minimum Gasteiger partial charge on any atom is -0.494 e. The second kappa shape index (κ2) is 9.33. The molecule has 27 heavy (non-hydrogen) atoms. The Morgan fingerprint density at radius 2 is 1.89 bits per heavy atom. The maximum atomic E-state index is 13.4. The smallest absolute Gasteiger partial charge is 0.290 e. The van der Waals surface area contributed by atoms with Crippen molar-refractivity contribution in [3.05, 3.63) is 53.8 Å². The molecule has 1 aliphatic heterocycles. The topological polar surface area (TPSA) is 100 Å². The Kier molecular flexibility index (Phi) is 6.87. The summed E-state index contributed by atoms with van der Waals surface area (Å²) in [4.78, 5) is 19.7. The number of ether oxygens (including phenoxy) is 1. The number of rotatable bonds is 4. The van der Waals surface area contributed by atoms with E-state index < -0.39 is 5.82 Å². The third kappa shape index (κ3) is 5.27. The minimum atomic E-state index is -0.398. The Labute approximate surface area is 155 Å². The predicted molar refractivity (Wildman–Crippen MR) is 99.8 cm³/mol. The molecule has 3 rings (SSSR count). The van der Waals surface area contributed by atoms with Crippen LogP contribution in [0.5, 0.6) is 5.75 Å². The fourth-order valence-corrected chi connectivity index (χ4v) is 2.63. The van der Waals surface area contributed by atoms with Crippen LogP contribution >= 0.6 is 0 Å². The van der Waals surface area contributed by atoms with E-state index in [4.69, 9.17) is 14.6 Å². The fraction of sp³-hybridized carbons (Fsp3) is 0.211. The Morgan fingerprint density at radius 1 is 1.26 bits per heavy atom. The summed E-state index contributed by atoms with van der Waals surface area (Å²) in [6.45, 7) is 1.73. The van der Waals surface area contributed by atoms with Crippen molar-refractivity contribution in [2.45, 2.75) is 13.3 Å². The highest BCUT2D eigenvalue weighted by Gasteiger charge is 2.21. The van der Waals surface area contributed by atoms with Gasteiger partial charge in [-0.05, 0) is 29.8 Å². The van der Waals surface area contributed by atoms with Crippen LogP contribution in [0, 0.1) is 11.7 Å². The molecule has 0 aromatic heterocycles. The quantitative estimate of drug-likeness (QED) is 0.715. The van der Waals surface area contributed by atoms with Crippen LogP contribution in [0.15, 0.2) is 47.6 Å². The van der Waals surface area contributed by atoms with Gasteiger partial charge in [0.15, 0.2) is 11.6 Å². The number of halogens is 1. The van der Waals surface area contributed by atoms with E-state index >= 15 is 0 Å². The molecule has 142 valence electrons. The van der Waals surface area contributed by atoms with Crippen molar-refractivity contribution in [2.75, 3.05) is 12.4 Å². The Hall–Kier alpha value is -3.42. The van der Waals surface area contributed by atoms with Gasteiger partial charge in [-0.15, -0.1) is 0 Å². The van der Waals surface area contributed by atoms with Crippen molar-refractivity contribution in [2.24, 2.45) is 11.0 Å². The number of carboxylic acid groups (broad SMARTS) is 1. The predicted octanol–water partition coefficient (Wildman–Crippen LogP) is 3.14. The second-order valence-electron chi connectivity index (χ2n) is 5.79. The number of benzene rings is 2. The van der Waals surface area contributed by atoms with Crippen molar-refractivity contribution >= 4 is 29.5 Å². The molecule has 7 nitrogen and oxygen atoms in total. The van der Waals surface area contributed by atoms with Gasteiger partial charge in [-0.25, -0.2) is 9.82 Å². The summed E-state index contributed by atoms with van der Waals surface area (Å²) in [5, 5.41) is 14.2. The SMILES string of the molecule is COc1cc(Nc2ccc(C3=NNC(=O)C[C@H]3C)cc2)ccc1F.O=CO. The molecule has 3 N–H and O–H groups in total. The molecule has 2 aromatic carbocycles. The van der Waals surface area contributed by atoms with Gasteiger partial charge in [-0.2, -0.15) is 5.10 Å². The van der Waals surface area contributed by atoms with Gasteiger partial charge in [0.25, 0.3) is 6.47 Å². The summed E-state index contributed by atoms with van der Waals surface area (Å²) >= 11 is 0. The first-order valence-corrected chi connectivity index (χ1v) is 8.13. The molecule has 1 aliphatic rings. The molecule has 1 heterocycles. The molecular formula is C19H20FN3O4. The van der Waals surface area contributed by atoms with Gasteiger partial charge in [-0.1, -0.05) is 19.1 Å². The van der Waals surface area contributed by atoms with E-state index in [0.717, 1.165) is 22.6 Å². The number of hydrogen-bond acceptors (Lipinski definition) is 5. The summed E-state index contributed by atoms with van der Waals surface area (Å²) in [5.41, 5.74) is 5.94. The number of carbonyl (C=O) groups is 2. The number of carbonyl (C=O) groups excluding carboxylic acids is 1. The molecule has 1 atom stereocenters. The van der Waals surface area contributed by atoms with E-state index in [1.54, 1.807) is 12.1 Å². The summed E-state index contributed by atoms with van der Waals surface area (Å²) in [5.74, 6) is -0.184. The molecule has 0 bridgehead atoms. The molecule has 8 heteroatoms. The highest BCUT2D eigenvalue weighted by Crippen LogP contribution is 2.25. The van der Waals surface area contributed by atoms with E-state index in [1.165, 1.54) is 13.2 Å². The molecule has 0 spiro atoms. The third-order valence-corrected chi connectivity index (χ3v) is 3.88. The molecule has 1 amide bonds. The summed E-state index contributed by atoms with van der Waals surface area (Å²) < 4.78 is 18.4. The van der Waals surface area contributed by atoms with Gasteiger partial charge in [-0.3, -0.25) is 9.59 Å². The average Bonchev–Trinajstić information content (AvgIpc) is 2.65. The number of amides is 1. The van der Waals surface area contributed by atoms with E-state index in [9.17, 15) is 9.18 Å². The van der Waals surface area contributed by atoms with Crippen LogP contribution in [-0.4, -0.2) is 30.3 Å². The van der Waals surface area contributed by atoms with Crippen LogP contribution in [0.3, 0.4) is 0 Å². The van der Waals surface area contributed by atoms with E-state index in [0.29, 0.717) is 6.42 Å². The number of methoxy groups -OCH3 is 1.